The van der Waals surface area contributed by atoms with E-state index in [1.807, 2.05) is 62.4 Å². The molecule has 2 aromatic heterocycles. The monoisotopic (exact) mass is 463 g/mol. The summed E-state index contributed by atoms with van der Waals surface area (Å²) in [5.41, 5.74) is 3.63. The largest absolute Gasteiger partial charge is 0.495 e. The number of rotatable bonds is 8. The second-order valence-corrected chi connectivity index (χ2v) is 9.67. The van der Waals surface area contributed by atoms with Gasteiger partial charge in [0.05, 0.1) is 28.4 Å². The van der Waals surface area contributed by atoms with Crippen molar-refractivity contribution >= 4 is 34.3 Å². The average Bonchev–Trinajstić information content (AvgIpc) is 3.44. The molecule has 0 radical (unpaired) electrons. The summed E-state index contributed by atoms with van der Waals surface area (Å²) in [5.74, 6) is 0.504. The van der Waals surface area contributed by atoms with E-state index in [4.69, 9.17) is 4.74 Å². The fraction of sp³-hybridized carbons (Fsp3) is 0.200. The third-order valence-electron chi connectivity index (χ3n) is 5.02. The predicted octanol–water partition coefficient (Wildman–Crippen LogP) is 5.97. The number of ether oxygens (including phenoxy) is 1. The fourth-order valence-corrected chi connectivity index (χ4v) is 5.03. The number of nitrogens with zero attached hydrogens (tertiary/aromatic N) is 1. The summed E-state index contributed by atoms with van der Waals surface area (Å²) in [6.45, 7) is 4.57. The second-order valence-electron chi connectivity index (χ2n) is 7.44. The number of aryl methyl sites for hydroxylation is 2. The van der Waals surface area contributed by atoms with Gasteiger partial charge in [0.1, 0.15) is 11.8 Å². The summed E-state index contributed by atoms with van der Waals surface area (Å²) >= 11 is 3.34. The molecule has 32 heavy (non-hydrogen) atoms. The average molecular weight is 464 g/mol. The Kier molecular flexibility index (Phi) is 6.99. The molecule has 0 saturated heterocycles. The first-order valence-electron chi connectivity index (χ1n) is 10.3. The maximum Gasteiger partial charge on any atom is 0.246 e. The van der Waals surface area contributed by atoms with E-state index < -0.39 is 6.04 Å². The van der Waals surface area contributed by atoms with Gasteiger partial charge in [-0.05, 0) is 49.2 Å². The van der Waals surface area contributed by atoms with Crippen LogP contribution in [0.3, 0.4) is 0 Å². The molecule has 4 aromatic rings. The van der Waals surface area contributed by atoms with Gasteiger partial charge in [0.25, 0.3) is 0 Å². The first-order valence-corrected chi connectivity index (χ1v) is 12.0. The third-order valence-corrected chi connectivity index (χ3v) is 6.90. The van der Waals surface area contributed by atoms with Crippen LogP contribution in [0.2, 0.25) is 0 Å². The lowest BCUT2D eigenvalue weighted by Gasteiger charge is -2.20. The van der Waals surface area contributed by atoms with Crippen molar-refractivity contribution in [2.24, 2.45) is 0 Å². The molecule has 0 spiro atoms. The highest BCUT2D eigenvalue weighted by Crippen LogP contribution is 2.30. The number of carbonyl (C=O) groups is 1. The van der Waals surface area contributed by atoms with Gasteiger partial charge in [0.15, 0.2) is 0 Å². The van der Waals surface area contributed by atoms with E-state index in [-0.39, 0.29) is 5.91 Å². The van der Waals surface area contributed by atoms with Gasteiger partial charge < -0.3 is 10.1 Å². The van der Waals surface area contributed by atoms with Gasteiger partial charge in [-0.3, -0.25) is 10.1 Å². The topological polar surface area (TPSA) is 63.2 Å². The van der Waals surface area contributed by atoms with Crippen molar-refractivity contribution in [2.75, 3.05) is 12.4 Å². The van der Waals surface area contributed by atoms with Gasteiger partial charge in [0, 0.05) is 16.8 Å². The molecule has 2 heterocycles. The van der Waals surface area contributed by atoms with Gasteiger partial charge in [-0.1, -0.05) is 36.4 Å². The summed E-state index contributed by atoms with van der Waals surface area (Å²) in [6.07, 6.45) is 0. The van der Waals surface area contributed by atoms with Crippen LogP contribution in [0, 0.1) is 13.8 Å². The van der Waals surface area contributed by atoms with Gasteiger partial charge in [-0.2, -0.15) is 0 Å². The number of aromatic nitrogens is 1. The molecule has 2 N–H and O–H groups in total. The minimum Gasteiger partial charge on any atom is -0.495 e. The summed E-state index contributed by atoms with van der Waals surface area (Å²) in [5, 5.41) is 9.61. The SMILES string of the molecule is COc1ccc(C)cc1NC(=O)C(NCc1ccc(-c2csc(C)n2)s1)c1ccccc1. The highest BCUT2D eigenvalue weighted by Gasteiger charge is 2.22. The zero-order chi connectivity index (χ0) is 22.5. The van der Waals surface area contributed by atoms with Gasteiger partial charge in [0.2, 0.25) is 5.91 Å². The Morgan fingerprint density at radius 1 is 1.09 bits per heavy atom. The van der Waals surface area contributed by atoms with Crippen molar-refractivity contribution in [2.45, 2.75) is 26.4 Å². The van der Waals surface area contributed by atoms with Crippen molar-refractivity contribution in [3.63, 3.8) is 0 Å². The predicted molar refractivity (Wildman–Crippen MR) is 133 cm³/mol. The number of nitrogens with one attached hydrogen (secondary N) is 2. The van der Waals surface area contributed by atoms with Crippen LogP contribution < -0.4 is 15.4 Å². The Hall–Kier alpha value is -3.00. The Bertz CT molecular complexity index is 1200. The Balaban J connectivity index is 1.52. The normalized spacial score (nSPS) is 11.8. The van der Waals surface area contributed by atoms with E-state index in [2.05, 4.69) is 33.1 Å². The Labute approximate surface area is 196 Å². The molecule has 2 aromatic carbocycles. The van der Waals surface area contributed by atoms with E-state index in [0.29, 0.717) is 18.0 Å². The molecule has 0 aliphatic heterocycles. The van der Waals surface area contributed by atoms with Crippen LogP contribution in [0.15, 0.2) is 66.0 Å². The van der Waals surface area contributed by atoms with Crippen molar-refractivity contribution < 1.29 is 9.53 Å². The number of thiazole rings is 1. The van der Waals surface area contributed by atoms with Crippen LogP contribution in [0.25, 0.3) is 10.6 Å². The standard InChI is InChI=1S/C25H25N3O2S2/c1-16-9-11-22(30-3)20(13-16)28-25(29)24(18-7-5-4-6-8-18)26-14-19-10-12-23(32-19)21-15-31-17(2)27-21/h4-13,15,24,26H,14H2,1-3H3,(H,28,29). The number of thiophene rings is 1. The fourth-order valence-electron chi connectivity index (χ4n) is 3.42. The van der Waals surface area contributed by atoms with E-state index in [1.54, 1.807) is 29.8 Å². The van der Waals surface area contributed by atoms with Gasteiger partial charge in [-0.25, -0.2) is 4.98 Å². The minimum absolute atomic E-state index is 0.132. The van der Waals surface area contributed by atoms with E-state index in [9.17, 15) is 4.79 Å². The molecule has 164 valence electrons. The number of methoxy groups -OCH3 is 1. The zero-order valence-corrected chi connectivity index (χ0v) is 19.8. The highest BCUT2D eigenvalue weighted by molar-refractivity contribution is 7.16. The molecule has 0 aliphatic rings. The number of carbonyl (C=O) groups excluding carboxylic acids is 1. The van der Waals surface area contributed by atoms with Crippen LogP contribution in [-0.4, -0.2) is 18.0 Å². The Morgan fingerprint density at radius 2 is 1.91 bits per heavy atom. The van der Waals surface area contributed by atoms with Crippen LogP contribution in [-0.2, 0) is 11.3 Å². The molecule has 0 bridgehead atoms. The highest BCUT2D eigenvalue weighted by atomic mass is 32.1. The molecule has 1 atom stereocenters. The van der Waals surface area contributed by atoms with E-state index in [0.717, 1.165) is 31.6 Å². The smallest absolute Gasteiger partial charge is 0.246 e. The van der Waals surface area contributed by atoms with E-state index >= 15 is 0 Å². The molecular weight excluding hydrogens is 438 g/mol. The third kappa shape index (κ3) is 5.24. The lowest BCUT2D eigenvalue weighted by Crippen LogP contribution is -2.32. The minimum atomic E-state index is -0.506. The molecule has 4 rings (SSSR count). The van der Waals surface area contributed by atoms with Crippen LogP contribution >= 0.6 is 22.7 Å². The van der Waals surface area contributed by atoms with Crippen LogP contribution in [0.1, 0.15) is 27.1 Å². The first kappa shape index (κ1) is 22.2. The first-order chi connectivity index (χ1) is 15.5. The second kappa shape index (κ2) is 10.1. The molecule has 5 nitrogen and oxygen atoms in total. The molecule has 1 unspecified atom stereocenters. The van der Waals surface area contributed by atoms with Crippen molar-refractivity contribution in [3.8, 4) is 16.3 Å². The van der Waals surface area contributed by atoms with Gasteiger partial charge >= 0.3 is 0 Å². The summed E-state index contributed by atoms with van der Waals surface area (Å²) in [7, 11) is 1.60. The number of benzene rings is 2. The van der Waals surface area contributed by atoms with Crippen molar-refractivity contribution in [1.29, 1.82) is 0 Å². The van der Waals surface area contributed by atoms with E-state index in [1.165, 1.54) is 0 Å². The maximum absolute atomic E-state index is 13.3. The molecule has 0 fully saturated rings. The molecule has 7 heteroatoms. The maximum atomic E-state index is 13.3. The molecule has 0 aliphatic carbocycles. The lowest BCUT2D eigenvalue weighted by atomic mass is 10.1. The number of hydrogen-bond donors (Lipinski definition) is 2. The zero-order valence-electron chi connectivity index (χ0n) is 18.2. The molecule has 0 saturated carbocycles. The van der Waals surface area contributed by atoms with Gasteiger partial charge in [-0.15, -0.1) is 22.7 Å². The summed E-state index contributed by atoms with van der Waals surface area (Å²) in [6, 6.07) is 19.2. The molecule has 1 amide bonds. The number of hydrogen-bond acceptors (Lipinski definition) is 6. The summed E-state index contributed by atoms with van der Waals surface area (Å²) < 4.78 is 5.42. The Morgan fingerprint density at radius 3 is 2.62 bits per heavy atom. The van der Waals surface area contributed by atoms with Crippen molar-refractivity contribution in [1.82, 2.24) is 10.3 Å². The van der Waals surface area contributed by atoms with Crippen LogP contribution in [0.5, 0.6) is 5.75 Å². The quantitative estimate of drug-likeness (QED) is 0.338. The summed E-state index contributed by atoms with van der Waals surface area (Å²) in [4.78, 5) is 20.2. The lowest BCUT2D eigenvalue weighted by molar-refractivity contribution is -0.118. The number of anilines is 1. The van der Waals surface area contributed by atoms with Crippen molar-refractivity contribution in [3.05, 3.63) is 87.1 Å². The number of amides is 1. The molecular formula is C25H25N3O2S2. The van der Waals surface area contributed by atoms with Crippen LogP contribution in [0.4, 0.5) is 5.69 Å².